The van der Waals surface area contributed by atoms with Gasteiger partial charge in [-0.3, -0.25) is 9.10 Å². The third-order valence-electron chi connectivity index (χ3n) is 6.51. The van der Waals surface area contributed by atoms with Crippen molar-refractivity contribution in [3.05, 3.63) is 35.9 Å². The number of nitrogens with zero attached hydrogens (tertiary/aromatic N) is 1. The van der Waals surface area contributed by atoms with Gasteiger partial charge >= 0.3 is 0 Å². The molecule has 0 radical (unpaired) electrons. The number of hydrogen-bond donors (Lipinski definition) is 1. The standard InChI is InChI=1S/C21H28N2O3S/c1-15(20-14-17-3-7-18(20)13-17)22-21(24)10-6-16-4-8-19(9-5-16)23-11-2-12-27(23,25)26/h4-6,8-10,15,17-18,20H,2-3,7,11-14H2,1H3,(H,22,24)/b10-6+/t15-,17-,18-,20-/m0/s1. The van der Waals surface area contributed by atoms with Crippen LogP contribution < -0.4 is 9.62 Å². The van der Waals surface area contributed by atoms with E-state index < -0.39 is 10.0 Å². The summed E-state index contributed by atoms with van der Waals surface area (Å²) in [6.07, 6.45) is 9.33. The average Bonchev–Trinajstić information content (AvgIpc) is 3.35. The van der Waals surface area contributed by atoms with Crippen LogP contribution in [0.1, 0.15) is 44.6 Å². The Bertz CT molecular complexity index is 831. The summed E-state index contributed by atoms with van der Waals surface area (Å²) in [5.74, 6) is 2.46. The van der Waals surface area contributed by atoms with Gasteiger partial charge in [0.05, 0.1) is 11.4 Å². The van der Waals surface area contributed by atoms with E-state index in [1.165, 1.54) is 30.0 Å². The van der Waals surface area contributed by atoms with E-state index in [0.29, 0.717) is 24.6 Å². The minimum absolute atomic E-state index is 0.0588. The van der Waals surface area contributed by atoms with Crippen molar-refractivity contribution >= 4 is 27.7 Å². The van der Waals surface area contributed by atoms with E-state index in [1.807, 2.05) is 12.1 Å². The summed E-state index contributed by atoms with van der Waals surface area (Å²) < 4.78 is 25.4. The smallest absolute Gasteiger partial charge is 0.244 e. The number of hydrogen-bond acceptors (Lipinski definition) is 3. The maximum atomic E-state index is 12.3. The van der Waals surface area contributed by atoms with Crippen LogP contribution in [0.5, 0.6) is 0 Å². The van der Waals surface area contributed by atoms with Crippen LogP contribution >= 0.6 is 0 Å². The predicted molar refractivity (Wildman–Crippen MR) is 108 cm³/mol. The van der Waals surface area contributed by atoms with Gasteiger partial charge in [-0.2, -0.15) is 0 Å². The molecule has 4 atom stereocenters. The zero-order chi connectivity index (χ0) is 19.0. The molecule has 1 amide bonds. The van der Waals surface area contributed by atoms with Crippen molar-refractivity contribution < 1.29 is 13.2 Å². The molecule has 1 aromatic rings. The fourth-order valence-corrected chi connectivity index (χ4v) is 6.70. The molecular formula is C21H28N2O3S. The second-order valence-corrected chi connectivity index (χ2v) is 10.3. The zero-order valence-electron chi connectivity index (χ0n) is 15.8. The maximum absolute atomic E-state index is 12.3. The van der Waals surface area contributed by atoms with E-state index in [0.717, 1.165) is 17.4 Å². The first-order chi connectivity index (χ1) is 12.9. The number of carbonyl (C=O) groups excluding carboxylic acids is 1. The first-order valence-electron chi connectivity index (χ1n) is 10.0. The number of amides is 1. The largest absolute Gasteiger partial charge is 0.350 e. The van der Waals surface area contributed by atoms with E-state index in [9.17, 15) is 13.2 Å². The van der Waals surface area contributed by atoms with Crippen LogP contribution in [-0.4, -0.2) is 32.7 Å². The topological polar surface area (TPSA) is 66.5 Å². The Morgan fingerprint density at radius 2 is 2.00 bits per heavy atom. The molecule has 0 spiro atoms. The van der Waals surface area contributed by atoms with Gasteiger partial charge < -0.3 is 5.32 Å². The van der Waals surface area contributed by atoms with Crippen LogP contribution in [0, 0.1) is 17.8 Å². The number of carbonyl (C=O) groups is 1. The van der Waals surface area contributed by atoms with Gasteiger partial charge in [-0.05, 0) is 74.1 Å². The Hall–Kier alpha value is -1.82. The second-order valence-electron chi connectivity index (χ2n) is 8.30. The molecule has 1 saturated heterocycles. The van der Waals surface area contributed by atoms with E-state index in [1.54, 1.807) is 24.3 Å². The molecule has 2 bridgehead atoms. The number of rotatable bonds is 5. The lowest BCUT2D eigenvalue weighted by molar-refractivity contribution is -0.117. The van der Waals surface area contributed by atoms with Gasteiger partial charge in [0, 0.05) is 18.7 Å². The van der Waals surface area contributed by atoms with Gasteiger partial charge in [-0.1, -0.05) is 18.6 Å². The SMILES string of the molecule is C[C@H](NC(=O)/C=C/c1ccc(N2CCCS2(=O)=O)cc1)[C@@H]1C[C@H]2CC[C@H]1C2. The molecule has 146 valence electrons. The van der Waals surface area contributed by atoms with Crippen LogP contribution in [0.4, 0.5) is 5.69 Å². The Kier molecular flexibility index (Phi) is 5.01. The van der Waals surface area contributed by atoms with E-state index in [4.69, 9.17) is 0 Å². The molecule has 4 rings (SSSR count). The van der Waals surface area contributed by atoms with Crippen molar-refractivity contribution in [2.45, 2.75) is 45.1 Å². The number of fused-ring (bicyclic) bond motifs is 2. The lowest BCUT2D eigenvalue weighted by Gasteiger charge is -2.28. The predicted octanol–water partition coefficient (Wildman–Crippen LogP) is 3.18. The van der Waals surface area contributed by atoms with Crippen molar-refractivity contribution in [2.24, 2.45) is 17.8 Å². The van der Waals surface area contributed by atoms with E-state index >= 15 is 0 Å². The van der Waals surface area contributed by atoms with E-state index in [-0.39, 0.29) is 17.7 Å². The molecule has 1 aromatic carbocycles. The van der Waals surface area contributed by atoms with Crippen molar-refractivity contribution in [1.29, 1.82) is 0 Å². The highest BCUT2D eigenvalue weighted by Crippen LogP contribution is 2.49. The van der Waals surface area contributed by atoms with E-state index in [2.05, 4.69) is 12.2 Å². The highest BCUT2D eigenvalue weighted by molar-refractivity contribution is 7.93. The van der Waals surface area contributed by atoms with Gasteiger partial charge in [-0.15, -0.1) is 0 Å². The molecule has 3 aliphatic rings. The molecule has 0 unspecified atom stereocenters. The van der Waals surface area contributed by atoms with Crippen molar-refractivity contribution in [3.63, 3.8) is 0 Å². The normalized spacial score (nSPS) is 30.1. The number of sulfonamides is 1. The van der Waals surface area contributed by atoms with Gasteiger partial charge in [0.2, 0.25) is 15.9 Å². The van der Waals surface area contributed by atoms with Crippen molar-refractivity contribution in [2.75, 3.05) is 16.6 Å². The summed E-state index contributed by atoms with van der Waals surface area (Å²) in [5.41, 5.74) is 1.58. The molecular weight excluding hydrogens is 360 g/mol. The summed E-state index contributed by atoms with van der Waals surface area (Å²) in [5, 5.41) is 3.13. The molecule has 6 heteroatoms. The lowest BCUT2D eigenvalue weighted by Crippen LogP contribution is -2.39. The summed E-state index contributed by atoms with van der Waals surface area (Å²) in [4.78, 5) is 12.3. The first-order valence-corrected chi connectivity index (χ1v) is 11.6. The molecule has 5 nitrogen and oxygen atoms in total. The Balaban J connectivity index is 1.33. The summed E-state index contributed by atoms with van der Waals surface area (Å²) >= 11 is 0. The summed E-state index contributed by atoms with van der Waals surface area (Å²) in [6, 6.07) is 7.54. The van der Waals surface area contributed by atoms with Crippen LogP contribution in [-0.2, 0) is 14.8 Å². The van der Waals surface area contributed by atoms with Crippen LogP contribution in [0.15, 0.2) is 30.3 Å². The average molecular weight is 389 g/mol. The van der Waals surface area contributed by atoms with Gasteiger partial charge in [0.1, 0.15) is 0 Å². The Labute approximate surface area is 161 Å². The summed E-state index contributed by atoms with van der Waals surface area (Å²) in [6.45, 7) is 2.67. The first kappa shape index (κ1) is 18.5. The molecule has 1 N–H and O–H groups in total. The molecule has 1 aliphatic heterocycles. The fourth-order valence-electron chi connectivity index (χ4n) is 5.14. The second kappa shape index (κ2) is 7.30. The molecule has 2 saturated carbocycles. The Morgan fingerprint density at radius 3 is 2.59 bits per heavy atom. The molecule has 0 aromatic heterocycles. The third kappa shape index (κ3) is 3.91. The minimum Gasteiger partial charge on any atom is -0.350 e. The third-order valence-corrected chi connectivity index (χ3v) is 8.38. The minimum atomic E-state index is -3.15. The molecule has 3 fully saturated rings. The summed E-state index contributed by atoms with van der Waals surface area (Å²) in [7, 11) is -3.15. The highest BCUT2D eigenvalue weighted by atomic mass is 32.2. The van der Waals surface area contributed by atoms with Crippen LogP contribution in [0.25, 0.3) is 6.08 Å². The van der Waals surface area contributed by atoms with Crippen molar-refractivity contribution in [3.8, 4) is 0 Å². The van der Waals surface area contributed by atoms with Gasteiger partial charge in [0.25, 0.3) is 0 Å². The lowest BCUT2D eigenvalue weighted by atomic mass is 9.84. The quantitative estimate of drug-likeness (QED) is 0.788. The number of nitrogens with one attached hydrogen (secondary N) is 1. The van der Waals surface area contributed by atoms with Crippen LogP contribution in [0.3, 0.4) is 0 Å². The number of anilines is 1. The molecule has 1 heterocycles. The van der Waals surface area contributed by atoms with Crippen LogP contribution in [0.2, 0.25) is 0 Å². The monoisotopic (exact) mass is 388 g/mol. The van der Waals surface area contributed by atoms with Gasteiger partial charge in [0.15, 0.2) is 0 Å². The highest BCUT2D eigenvalue weighted by Gasteiger charge is 2.41. The molecule has 2 aliphatic carbocycles. The van der Waals surface area contributed by atoms with Gasteiger partial charge in [-0.25, -0.2) is 8.42 Å². The maximum Gasteiger partial charge on any atom is 0.244 e. The Morgan fingerprint density at radius 1 is 1.22 bits per heavy atom. The van der Waals surface area contributed by atoms with Crippen molar-refractivity contribution in [1.82, 2.24) is 5.32 Å². The zero-order valence-corrected chi connectivity index (χ0v) is 16.6. The fraction of sp³-hybridized carbons (Fsp3) is 0.571. The molecule has 27 heavy (non-hydrogen) atoms. The number of benzene rings is 1.